The highest BCUT2D eigenvalue weighted by atomic mass is 19.1. The van der Waals surface area contributed by atoms with Crippen molar-refractivity contribution >= 4 is 16.8 Å². The Morgan fingerprint density at radius 2 is 2.17 bits per heavy atom. The predicted molar refractivity (Wildman–Crippen MR) is 110 cm³/mol. The number of nitrogens with one attached hydrogen (secondary N) is 1. The van der Waals surface area contributed by atoms with Crippen LogP contribution in [0.4, 0.5) is 4.39 Å². The van der Waals surface area contributed by atoms with E-state index in [9.17, 15) is 9.18 Å². The summed E-state index contributed by atoms with van der Waals surface area (Å²) >= 11 is 0. The average Bonchev–Trinajstić information content (AvgIpc) is 3.09. The van der Waals surface area contributed by atoms with E-state index in [0.717, 1.165) is 23.6 Å². The molecule has 1 aromatic carbocycles. The first-order valence-corrected chi connectivity index (χ1v) is 10.5. The van der Waals surface area contributed by atoms with Crippen molar-refractivity contribution < 1.29 is 13.9 Å². The molecule has 2 aliphatic rings. The van der Waals surface area contributed by atoms with Crippen molar-refractivity contribution in [1.82, 2.24) is 24.9 Å². The number of hydrogen-bond acceptors (Lipinski definition) is 4. The maximum absolute atomic E-state index is 14.8. The molecule has 2 unspecified atom stereocenters. The minimum atomic E-state index is -0.433. The van der Waals surface area contributed by atoms with Gasteiger partial charge >= 0.3 is 0 Å². The molecule has 8 heteroatoms. The molecular weight excluding hydrogens is 385 g/mol. The van der Waals surface area contributed by atoms with Gasteiger partial charge in [-0.1, -0.05) is 6.92 Å². The normalized spacial score (nSPS) is 24.3. The molecule has 3 heterocycles. The summed E-state index contributed by atoms with van der Waals surface area (Å²) in [6.07, 6.45) is 5.30. The van der Waals surface area contributed by atoms with Crippen LogP contribution < -0.4 is 10.1 Å². The molecule has 4 atom stereocenters. The van der Waals surface area contributed by atoms with Crippen molar-refractivity contribution in [3.63, 3.8) is 0 Å². The van der Waals surface area contributed by atoms with Crippen molar-refractivity contribution in [2.24, 2.45) is 24.8 Å². The van der Waals surface area contributed by atoms with Crippen LogP contribution in [-0.4, -0.2) is 38.1 Å². The van der Waals surface area contributed by atoms with Crippen molar-refractivity contribution in [2.75, 3.05) is 6.54 Å². The molecule has 1 aliphatic carbocycles. The van der Waals surface area contributed by atoms with Crippen LogP contribution in [0.3, 0.4) is 0 Å². The zero-order valence-corrected chi connectivity index (χ0v) is 17.4. The molecule has 2 fully saturated rings. The van der Waals surface area contributed by atoms with Gasteiger partial charge in [0.2, 0.25) is 11.9 Å². The number of nitrogens with zero attached hydrogens (tertiary/aromatic N) is 4. The highest BCUT2D eigenvalue weighted by Gasteiger charge is 2.33. The Hall–Kier alpha value is -2.90. The Kier molecular flexibility index (Phi) is 4.52. The molecule has 158 valence electrons. The van der Waals surface area contributed by atoms with Gasteiger partial charge in [0, 0.05) is 44.2 Å². The summed E-state index contributed by atoms with van der Waals surface area (Å²) in [7, 11) is 1.58. The van der Waals surface area contributed by atoms with Crippen molar-refractivity contribution in [1.29, 1.82) is 0 Å². The first kappa shape index (κ1) is 19.1. The number of benzene rings is 1. The summed E-state index contributed by atoms with van der Waals surface area (Å²) in [6.45, 7) is 5.68. The number of aromatic nitrogens is 4. The van der Waals surface area contributed by atoms with Crippen LogP contribution in [0, 0.1) is 23.7 Å². The average molecular weight is 411 g/mol. The molecule has 1 saturated carbocycles. The van der Waals surface area contributed by atoms with Gasteiger partial charge in [-0.3, -0.25) is 9.48 Å². The van der Waals surface area contributed by atoms with Crippen LogP contribution in [0.25, 0.3) is 22.0 Å². The van der Waals surface area contributed by atoms with E-state index in [4.69, 9.17) is 4.74 Å². The molecule has 5 rings (SSSR count). The van der Waals surface area contributed by atoms with Gasteiger partial charge in [-0.05, 0) is 42.9 Å². The molecule has 1 aliphatic heterocycles. The van der Waals surface area contributed by atoms with Crippen LogP contribution in [0.5, 0.6) is 5.75 Å². The maximum Gasteiger partial charge on any atom is 0.222 e. The summed E-state index contributed by atoms with van der Waals surface area (Å²) in [5.41, 5.74) is 2.38. The van der Waals surface area contributed by atoms with E-state index in [1.807, 2.05) is 36.1 Å². The second-order valence-electron chi connectivity index (χ2n) is 8.80. The SMILES string of the molecule is CC1CC1Cn1cc(-c2cc(O[C@H](C)[C@H]3CNC(=O)C3)c3c(F)n(C)nc3c2)cn1. The van der Waals surface area contributed by atoms with Gasteiger partial charge in [-0.15, -0.1) is 0 Å². The number of hydrogen-bond donors (Lipinski definition) is 1. The lowest BCUT2D eigenvalue weighted by molar-refractivity contribution is -0.119. The van der Waals surface area contributed by atoms with E-state index < -0.39 is 5.95 Å². The van der Waals surface area contributed by atoms with Crippen molar-refractivity contribution in [3.8, 4) is 16.9 Å². The molecule has 0 bridgehead atoms. The fraction of sp³-hybridized carbons (Fsp3) is 0.500. The number of halogens is 1. The summed E-state index contributed by atoms with van der Waals surface area (Å²) in [6, 6.07) is 3.73. The van der Waals surface area contributed by atoms with E-state index in [1.54, 1.807) is 7.05 Å². The predicted octanol–water partition coefficient (Wildman–Crippen LogP) is 3.14. The van der Waals surface area contributed by atoms with Gasteiger partial charge in [-0.2, -0.15) is 14.6 Å². The quantitative estimate of drug-likeness (QED) is 0.676. The standard InChI is InChI=1S/C22H26FN5O2/c1-12-4-16(12)10-28-11-17(9-25-28)14-5-18-21(22(23)27(3)26-18)19(6-14)30-13(2)15-7-20(29)24-8-15/h5-6,9,11-13,15-16H,4,7-8,10H2,1-3H3,(H,24,29)/t12?,13-,15-,16?/m1/s1. The minimum absolute atomic E-state index is 0.0271. The molecule has 2 aromatic heterocycles. The number of aryl methyl sites for hydroxylation is 1. The van der Waals surface area contributed by atoms with Gasteiger partial charge < -0.3 is 10.1 Å². The lowest BCUT2D eigenvalue weighted by Gasteiger charge is -2.20. The summed E-state index contributed by atoms with van der Waals surface area (Å²) in [5.74, 6) is 1.57. The Morgan fingerprint density at radius 3 is 2.87 bits per heavy atom. The number of amides is 1. The Morgan fingerprint density at radius 1 is 1.37 bits per heavy atom. The maximum atomic E-state index is 14.8. The van der Waals surface area contributed by atoms with Gasteiger partial charge in [0.1, 0.15) is 11.9 Å². The summed E-state index contributed by atoms with van der Waals surface area (Å²) < 4.78 is 24.2. The van der Waals surface area contributed by atoms with Crippen LogP contribution in [-0.2, 0) is 18.4 Å². The van der Waals surface area contributed by atoms with E-state index >= 15 is 0 Å². The first-order chi connectivity index (χ1) is 14.4. The zero-order valence-electron chi connectivity index (χ0n) is 17.4. The minimum Gasteiger partial charge on any atom is -0.489 e. The summed E-state index contributed by atoms with van der Waals surface area (Å²) in [4.78, 5) is 11.6. The topological polar surface area (TPSA) is 74.0 Å². The second kappa shape index (κ2) is 7.11. The fourth-order valence-electron chi connectivity index (χ4n) is 4.28. The Balaban J connectivity index is 1.48. The molecule has 1 amide bonds. The molecule has 3 aromatic rings. The molecule has 0 radical (unpaired) electrons. The van der Waals surface area contributed by atoms with Gasteiger partial charge in [-0.25, -0.2) is 4.68 Å². The van der Waals surface area contributed by atoms with E-state index in [0.29, 0.717) is 35.5 Å². The second-order valence-corrected chi connectivity index (χ2v) is 8.80. The third-order valence-electron chi connectivity index (χ3n) is 6.48. The monoisotopic (exact) mass is 411 g/mol. The molecule has 7 nitrogen and oxygen atoms in total. The van der Waals surface area contributed by atoms with E-state index in [1.165, 1.54) is 11.1 Å². The van der Waals surface area contributed by atoms with Crippen LogP contribution in [0.1, 0.15) is 26.7 Å². The highest BCUT2D eigenvalue weighted by Crippen LogP contribution is 2.39. The van der Waals surface area contributed by atoms with Gasteiger partial charge in [0.25, 0.3) is 0 Å². The first-order valence-electron chi connectivity index (χ1n) is 10.5. The molecular formula is C22H26FN5O2. The number of carbonyl (C=O) groups excluding carboxylic acids is 1. The molecule has 0 spiro atoms. The van der Waals surface area contributed by atoms with Crippen molar-refractivity contribution in [3.05, 3.63) is 30.5 Å². The molecule has 1 saturated heterocycles. The number of ether oxygens (including phenoxy) is 1. The van der Waals surface area contributed by atoms with Gasteiger partial charge in [0.15, 0.2) is 0 Å². The number of carbonyl (C=O) groups is 1. The number of rotatable bonds is 6. The number of fused-ring (bicyclic) bond motifs is 1. The lowest BCUT2D eigenvalue weighted by atomic mass is 10.0. The highest BCUT2D eigenvalue weighted by molar-refractivity contribution is 5.90. The third kappa shape index (κ3) is 3.44. The fourth-order valence-corrected chi connectivity index (χ4v) is 4.28. The van der Waals surface area contributed by atoms with Crippen LogP contribution >= 0.6 is 0 Å². The third-order valence-corrected chi connectivity index (χ3v) is 6.48. The Labute approximate surface area is 174 Å². The molecule has 30 heavy (non-hydrogen) atoms. The Bertz CT molecular complexity index is 1120. The van der Waals surface area contributed by atoms with Crippen LogP contribution in [0.15, 0.2) is 24.5 Å². The zero-order chi connectivity index (χ0) is 21.0. The van der Waals surface area contributed by atoms with Crippen molar-refractivity contribution in [2.45, 2.75) is 39.3 Å². The summed E-state index contributed by atoms with van der Waals surface area (Å²) in [5, 5.41) is 12.0. The molecule has 1 N–H and O–H groups in total. The van der Waals surface area contributed by atoms with Gasteiger partial charge in [0.05, 0.1) is 17.1 Å². The largest absolute Gasteiger partial charge is 0.489 e. The lowest BCUT2D eigenvalue weighted by Crippen LogP contribution is -2.25. The smallest absolute Gasteiger partial charge is 0.222 e. The van der Waals surface area contributed by atoms with Crippen LogP contribution in [0.2, 0.25) is 0 Å². The van der Waals surface area contributed by atoms with E-state index in [-0.39, 0.29) is 17.9 Å². The van der Waals surface area contributed by atoms with E-state index in [2.05, 4.69) is 22.4 Å².